The SMILES string of the molecule is Cc1nn(C)cc1-c1nccc(Nc2cc3c(C(C)C)ccc(N4C[C@@H](CNS(C)(=O)=O)[C@H]4C)c3cn2)n1. The molecular formula is C27H34N8O2S. The molecule has 0 saturated carbocycles. The number of aromatic nitrogens is 5. The molecule has 2 atom stereocenters. The third-order valence-corrected chi connectivity index (χ3v) is 7.91. The third kappa shape index (κ3) is 5.21. The van der Waals surface area contributed by atoms with Crippen LogP contribution in [0.3, 0.4) is 0 Å². The van der Waals surface area contributed by atoms with Gasteiger partial charge in [-0.25, -0.2) is 28.1 Å². The van der Waals surface area contributed by atoms with E-state index in [1.165, 1.54) is 11.8 Å². The largest absolute Gasteiger partial charge is 0.367 e. The first-order valence-electron chi connectivity index (χ1n) is 12.7. The molecule has 0 bridgehead atoms. The molecule has 1 aliphatic rings. The minimum absolute atomic E-state index is 0.213. The lowest BCUT2D eigenvalue weighted by Crippen LogP contribution is -2.58. The van der Waals surface area contributed by atoms with Gasteiger partial charge in [0, 0.05) is 61.8 Å². The van der Waals surface area contributed by atoms with Gasteiger partial charge in [0.15, 0.2) is 5.82 Å². The van der Waals surface area contributed by atoms with Crippen molar-refractivity contribution < 1.29 is 8.42 Å². The van der Waals surface area contributed by atoms with Gasteiger partial charge >= 0.3 is 0 Å². The Morgan fingerprint density at radius 2 is 1.92 bits per heavy atom. The van der Waals surface area contributed by atoms with Crippen molar-refractivity contribution in [2.75, 3.05) is 29.6 Å². The summed E-state index contributed by atoms with van der Waals surface area (Å²) < 4.78 is 27.5. The maximum atomic E-state index is 11.5. The van der Waals surface area contributed by atoms with Gasteiger partial charge in [-0.05, 0) is 48.9 Å². The van der Waals surface area contributed by atoms with Crippen molar-refractivity contribution in [2.24, 2.45) is 13.0 Å². The highest BCUT2D eigenvalue weighted by atomic mass is 32.2. The van der Waals surface area contributed by atoms with Crippen LogP contribution in [0.2, 0.25) is 0 Å². The van der Waals surface area contributed by atoms with Crippen molar-refractivity contribution >= 4 is 38.1 Å². The molecule has 2 N–H and O–H groups in total. The Morgan fingerprint density at radius 1 is 1.13 bits per heavy atom. The molecule has 200 valence electrons. The van der Waals surface area contributed by atoms with E-state index >= 15 is 0 Å². The molecule has 11 heteroatoms. The number of pyridine rings is 1. The summed E-state index contributed by atoms with van der Waals surface area (Å²) in [5.41, 5.74) is 4.12. The van der Waals surface area contributed by atoms with Gasteiger partial charge < -0.3 is 10.2 Å². The number of hydrogen-bond donors (Lipinski definition) is 2. The number of hydrogen-bond acceptors (Lipinski definition) is 8. The first-order valence-corrected chi connectivity index (χ1v) is 14.6. The van der Waals surface area contributed by atoms with Gasteiger partial charge in [0.25, 0.3) is 0 Å². The minimum Gasteiger partial charge on any atom is -0.367 e. The second-order valence-corrected chi connectivity index (χ2v) is 12.2. The topological polar surface area (TPSA) is 118 Å². The highest BCUT2D eigenvalue weighted by Gasteiger charge is 2.36. The molecule has 1 aromatic carbocycles. The summed E-state index contributed by atoms with van der Waals surface area (Å²) in [5, 5.41) is 9.97. The van der Waals surface area contributed by atoms with E-state index < -0.39 is 10.0 Å². The van der Waals surface area contributed by atoms with E-state index in [0.717, 1.165) is 34.3 Å². The zero-order valence-corrected chi connectivity index (χ0v) is 23.4. The second kappa shape index (κ2) is 9.95. The Morgan fingerprint density at radius 3 is 2.58 bits per heavy atom. The minimum atomic E-state index is -3.20. The van der Waals surface area contributed by atoms with Crippen molar-refractivity contribution in [3.63, 3.8) is 0 Å². The fourth-order valence-electron chi connectivity index (χ4n) is 5.08. The van der Waals surface area contributed by atoms with Gasteiger partial charge in [-0.3, -0.25) is 4.68 Å². The molecule has 38 heavy (non-hydrogen) atoms. The van der Waals surface area contributed by atoms with Crippen molar-refractivity contribution in [1.29, 1.82) is 0 Å². The monoisotopic (exact) mass is 534 g/mol. The van der Waals surface area contributed by atoms with E-state index in [4.69, 9.17) is 9.97 Å². The van der Waals surface area contributed by atoms with Gasteiger partial charge in [-0.15, -0.1) is 0 Å². The van der Waals surface area contributed by atoms with E-state index in [2.05, 4.69) is 64.0 Å². The second-order valence-electron chi connectivity index (χ2n) is 10.4. The Kier molecular flexibility index (Phi) is 6.83. The zero-order chi connectivity index (χ0) is 27.2. The molecule has 0 amide bonds. The number of aryl methyl sites for hydroxylation is 2. The fraction of sp³-hybridized carbons (Fsp3) is 0.407. The molecule has 1 fully saturated rings. The maximum absolute atomic E-state index is 11.5. The molecule has 10 nitrogen and oxygen atoms in total. The summed E-state index contributed by atoms with van der Waals surface area (Å²) in [4.78, 5) is 16.2. The number of nitrogens with one attached hydrogen (secondary N) is 2. The fourth-order valence-corrected chi connectivity index (χ4v) is 5.59. The van der Waals surface area contributed by atoms with Gasteiger partial charge in [-0.2, -0.15) is 5.10 Å². The summed E-state index contributed by atoms with van der Waals surface area (Å²) in [6.07, 6.45) is 6.76. The lowest BCUT2D eigenvalue weighted by molar-refractivity contribution is 0.313. The van der Waals surface area contributed by atoms with Crippen LogP contribution in [0.25, 0.3) is 22.2 Å². The van der Waals surface area contributed by atoms with Gasteiger partial charge in [-0.1, -0.05) is 19.9 Å². The molecule has 1 saturated heterocycles. The first-order chi connectivity index (χ1) is 18.0. The smallest absolute Gasteiger partial charge is 0.208 e. The van der Waals surface area contributed by atoms with Crippen LogP contribution in [-0.2, 0) is 17.1 Å². The quantitative estimate of drug-likeness (QED) is 0.349. The lowest BCUT2D eigenvalue weighted by atomic mass is 9.87. The van der Waals surface area contributed by atoms with E-state index in [-0.39, 0.29) is 12.0 Å². The van der Waals surface area contributed by atoms with Crippen LogP contribution in [0.1, 0.15) is 37.9 Å². The highest BCUT2D eigenvalue weighted by Crippen LogP contribution is 2.39. The average molecular weight is 535 g/mol. The van der Waals surface area contributed by atoms with Crippen LogP contribution in [0.4, 0.5) is 17.3 Å². The van der Waals surface area contributed by atoms with E-state index in [9.17, 15) is 8.42 Å². The molecule has 0 aliphatic carbocycles. The molecular weight excluding hydrogens is 500 g/mol. The zero-order valence-electron chi connectivity index (χ0n) is 22.6. The van der Waals surface area contributed by atoms with Crippen LogP contribution in [-0.4, -0.2) is 58.5 Å². The maximum Gasteiger partial charge on any atom is 0.208 e. The predicted octanol–water partition coefficient (Wildman–Crippen LogP) is 3.97. The number of anilines is 3. The summed E-state index contributed by atoms with van der Waals surface area (Å²) in [7, 11) is -1.32. The molecule has 4 heterocycles. The molecule has 1 aliphatic heterocycles. The number of benzene rings is 1. The lowest BCUT2D eigenvalue weighted by Gasteiger charge is -2.48. The summed E-state index contributed by atoms with van der Waals surface area (Å²) >= 11 is 0. The van der Waals surface area contributed by atoms with E-state index in [0.29, 0.717) is 29.9 Å². The first kappa shape index (κ1) is 26.1. The number of sulfonamides is 1. The average Bonchev–Trinajstić information content (AvgIpc) is 3.19. The Labute approximate surface area is 223 Å². The van der Waals surface area contributed by atoms with Crippen LogP contribution >= 0.6 is 0 Å². The van der Waals surface area contributed by atoms with E-state index in [1.54, 1.807) is 10.9 Å². The Balaban J connectivity index is 1.43. The number of nitrogens with zero attached hydrogens (tertiary/aromatic N) is 6. The van der Waals surface area contributed by atoms with Crippen LogP contribution in [0, 0.1) is 12.8 Å². The van der Waals surface area contributed by atoms with Crippen LogP contribution in [0.5, 0.6) is 0 Å². The van der Waals surface area contributed by atoms with Crippen molar-refractivity contribution in [3.05, 3.63) is 54.1 Å². The molecule has 0 radical (unpaired) electrons. The molecule has 0 unspecified atom stereocenters. The standard InChI is InChI=1S/C27H34N8O2S/c1-16(2)20-7-8-24(35-14-19(18(35)4)12-30-38(6,36)37)22-13-29-26(11-21(20)22)31-25-9-10-28-27(32-25)23-15-34(5)33-17(23)3/h7-11,13,15-16,18-19,30H,12,14H2,1-6H3,(H,28,29,31,32)/t18-,19-/m1/s1. The van der Waals surface area contributed by atoms with Crippen molar-refractivity contribution in [2.45, 2.75) is 39.7 Å². The molecule has 0 spiro atoms. The molecule has 3 aromatic heterocycles. The summed E-state index contributed by atoms with van der Waals surface area (Å²) in [6.45, 7) is 9.70. The normalized spacial score (nSPS) is 17.7. The molecule has 4 aromatic rings. The molecule has 5 rings (SSSR count). The van der Waals surface area contributed by atoms with Gasteiger partial charge in [0.2, 0.25) is 10.0 Å². The number of fused-ring (bicyclic) bond motifs is 1. The summed E-state index contributed by atoms with van der Waals surface area (Å²) in [6, 6.07) is 8.47. The van der Waals surface area contributed by atoms with Crippen molar-refractivity contribution in [3.8, 4) is 11.4 Å². The Bertz CT molecular complexity index is 1600. The van der Waals surface area contributed by atoms with Crippen LogP contribution in [0.15, 0.2) is 42.9 Å². The van der Waals surface area contributed by atoms with Gasteiger partial charge in [0.1, 0.15) is 11.6 Å². The predicted molar refractivity (Wildman–Crippen MR) is 151 cm³/mol. The number of rotatable bonds is 8. The highest BCUT2D eigenvalue weighted by molar-refractivity contribution is 7.88. The van der Waals surface area contributed by atoms with Crippen LogP contribution < -0.4 is 14.9 Å². The Hall–Kier alpha value is -3.57. The van der Waals surface area contributed by atoms with Gasteiger partial charge in [0.05, 0.1) is 17.5 Å². The third-order valence-electron chi connectivity index (χ3n) is 7.22. The van der Waals surface area contributed by atoms with E-state index in [1.807, 2.05) is 32.4 Å². The summed E-state index contributed by atoms with van der Waals surface area (Å²) in [5.74, 6) is 2.56. The van der Waals surface area contributed by atoms with Crippen molar-refractivity contribution in [1.82, 2.24) is 29.5 Å².